The molecule has 0 unspecified atom stereocenters. The lowest BCUT2D eigenvalue weighted by atomic mass is 9.97. The molecule has 1 aliphatic heterocycles. The highest BCUT2D eigenvalue weighted by molar-refractivity contribution is 5.99. The zero-order valence-corrected chi connectivity index (χ0v) is 17.0. The van der Waals surface area contributed by atoms with Gasteiger partial charge < -0.3 is 19.3 Å². The number of phenolic OH excluding ortho intramolecular Hbond substituents is 1. The van der Waals surface area contributed by atoms with Gasteiger partial charge in [-0.05, 0) is 68.9 Å². The van der Waals surface area contributed by atoms with E-state index in [4.69, 9.17) is 4.42 Å². The zero-order valence-electron chi connectivity index (χ0n) is 17.0. The Morgan fingerprint density at radius 3 is 2.52 bits per heavy atom. The molecule has 0 saturated carbocycles. The van der Waals surface area contributed by atoms with Crippen molar-refractivity contribution in [3.05, 3.63) is 74.6 Å². The van der Waals surface area contributed by atoms with Crippen LogP contribution in [-0.2, 0) is 0 Å². The number of amides is 1. The molecule has 6 nitrogen and oxygen atoms in total. The van der Waals surface area contributed by atoms with Gasteiger partial charge in [0.25, 0.3) is 5.91 Å². The molecule has 0 fully saturated rings. The van der Waals surface area contributed by atoms with Crippen LogP contribution in [0.2, 0.25) is 0 Å². The zero-order chi connectivity index (χ0) is 20.9. The van der Waals surface area contributed by atoms with Crippen LogP contribution in [0.25, 0.3) is 11.0 Å². The molecule has 1 aromatic heterocycles. The van der Waals surface area contributed by atoms with Gasteiger partial charge in [0.05, 0.1) is 17.0 Å². The van der Waals surface area contributed by atoms with Crippen molar-refractivity contribution in [2.24, 2.45) is 0 Å². The van der Waals surface area contributed by atoms with E-state index in [2.05, 4.69) is 0 Å². The summed E-state index contributed by atoms with van der Waals surface area (Å²) in [6.07, 6.45) is 0. The number of rotatable bonds is 4. The van der Waals surface area contributed by atoms with Gasteiger partial charge in [0, 0.05) is 13.1 Å². The Hall–Kier alpha value is -3.12. The van der Waals surface area contributed by atoms with E-state index in [-0.39, 0.29) is 22.8 Å². The average molecular weight is 392 g/mol. The van der Waals surface area contributed by atoms with Crippen LogP contribution in [0.3, 0.4) is 0 Å². The second-order valence-electron chi connectivity index (χ2n) is 7.91. The van der Waals surface area contributed by atoms with Gasteiger partial charge in [0.2, 0.25) is 5.76 Å². The van der Waals surface area contributed by atoms with E-state index < -0.39 is 6.04 Å². The number of carbonyl (C=O) groups excluding carboxylic acids is 1. The molecule has 2 aromatic carbocycles. The van der Waals surface area contributed by atoms with Crippen LogP contribution < -0.4 is 5.43 Å². The van der Waals surface area contributed by atoms with Crippen LogP contribution in [-0.4, -0.2) is 48.0 Å². The summed E-state index contributed by atoms with van der Waals surface area (Å²) >= 11 is 0. The Morgan fingerprint density at radius 2 is 1.83 bits per heavy atom. The van der Waals surface area contributed by atoms with E-state index in [1.54, 1.807) is 23.1 Å². The number of phenols is 1. The van der Waals surface area contributed by atoms with Gasteiger partial charge >= 0.3 is 0 Å². The number of fused-ring (bicyclic) bond motifs is 2. The minimum Gasteiger partial charge on any atom is -0.508 e. The lowest BCUT2D eigenvalue weighted by Crippen LogP contribution is -2.35. The summed E-state index contributed by atoms with van der Waals surface area (Å²) in [7, 11) is 3.86. The smallest absolute Gasteiger partial charge is 0.290 e. The molecule has 29 heavy (non-hydrogen) atoms. The number of aromatic hydroxyl groups is 1. The molecule has 150 valence electrons. The summed E-state index contributed by atoms with van der Waals surface area (Å²) in [6, 6.07) is 9.74. The standard InChI is InChI=1S/C23H24N2O4/c1-13-10-17-18(11-14(13)2)29-22-19(21(17)27)20(15-6-5-7-16(26)12-15)25(23(22)28)9-8-24(3)4/h5-7,10-12,20,26H,8-9H2,1-4H3/t20-/m0/s1. The number of benzene rings is 2. The fourth-order valence-electron chi connectivity index (χ4n) is 3.86. The van der Waals surface area contributed by atoms with E-state index in [1.807, 2.05) is 51.0 Å². The lowest BCUT2D eigenvalue weighted by Gasteiger charge is -2.26. The number of likely N-dealkylation sites (N-methyl/N-ethyl adjacent to an activating group) is 1. The van der Waals surface area contributed by atoms with Crippen molar-refractivity contribution in [1.29, 1.82) is 0 Å². The third-order valence-corrected chi connectivity index (χ3v) is 5.56. The first kappa shape index (κ1) is 19.2. The van der Waals surface area contributed by atoms with E-state index in [0.29, 0.717) is 35.2 Å². The van der Waals surface area contributed by atoms with Crippen LogP contribution >= 0.6 is 0 Å². The summed E-state index contributed by atoms with van der Waals surface area (Å²) in [5.41, 5.74) is 3.25. The maximum Gasteiger partial charge on any atom is 0.290 e. The number of carbonyl (C=O) groups is 1. The first-order chi connectivity index (χ1) is 13.8. The summed E-state index contributed by atoms with van der Waals surface area (Å²) in [5.74, 6) is -0.113. The van der Waals surface area contributed by atoms with E-state index in [0.717, 1.165) is 11.1 Å². The highest BCUT2D eigenvalue weighted by Crippen LogP contribution is 2.39. The summed E-state index contributed by atoms with van der Waals surface area (Å²) in [6.45, 7) is 4.97. The first-order valence-electron chi connectivity index (χ1n) is 9.60. The molecular formula is C23H24N2O4. The molecule has 0 saturated heterocycles. The van der Waals surface area contributed by atoms with Gasteiger partial charge in [-0.15, -0.1) is 0 Å². The van der Waals surface area contributed by atoms with Crippen molar-refractivity contribution in [3.8, 4) is 5.75 Å². The van der Waals surface area contributed by atoms with Crippen molar-refractivity contribution < 1.29 is 14.3 Å². The van der Waals surface area contributed by atoms with E-state index >= 15 is 0 Å². The summed E-state index contributed by atoms with van der Waals surface area (Å²) < 4.78 is 5.98. The Morgan fingerprint density at radius 1 is 1.10 bits per heavy atom. The van der Waals surface area contributed by atoms with Gasteiger partial charge in [-0.2, -0.15) is 0 Å². The Balaban J connectivity index is 1.97. The van der Waals surface area contributed by atoms with Gasteiger partial charge in [-0.1, -0.05) is 12.1 Å². The van der Waals surface area contributed by atoms with Crippen LogP contribution in [0.4, 0.5) is 0 Å². The molecule has 0 bridgehead atoms. The predicted molar refractivity (Wildman–Crippen MR) is 111 cm³/mol. The monoisotopic (exact) mass is 392 g/mol. The fourth-order valence-corrected chi connectivity index (χ4v) is 3.86. The molecule has 0 radical (unpaired) electrons. The van der Waals surface area contributed by atoms with Crippen molar-refractivity contribution in [2.75, 3.05) is 27.2 Å². The molecule has 1 aliphatic rings. The first-order valence-corrected chi connectivity index (χ1v) is 9.60. The molecule has 3 aromatic rings. The maximum atomic E-state index is 13.5. The Bertz CT molecular complexity index is 1180. The Labute approximate surface area is 169 Å². The third-order valence-electron chi connectivity index (χ3n) is 5.56. The van der Waals surface area contributed by atoms with Crippen LogP contribution in [0.1, 0.15) is 38.9 Å². The molecule has 1 amide bonds. The quantitative estimate of drug-likeness (QED) is 0.738. The fraction of sp³-hybridized carbons (Fsp3) is 0.304. The molecular weight excluding hydrogens is 368 g/mol. The maximum absolute atomic E-state index is 13.5. The third kappa shape index (κ3) is 3.19. The molecule has 6 heteroatoms. The van der Waals surface area contributed by atoms with Crippen molar-refractivity contribution in [3.63, 3.8) is 0 Å². The highest BCUT2D eigenvalue weighted by atomic mass is 16.3. The van der Waals surface area contributed by atoms with E-state index in [1.165, 1.54) is 0 Å². The predicted octanol–water partition coefficient (Wildman–Crippen LogP) is 3.22. The van der Waals surface area contributed by atoms with Crippen molar-refractivity contribution in [1.82, 2.24) is 9.80 Å². The van der Waals surface area contributed by atoms with Crippen LogP contribution in [0.5, 0.6) is 5.75 Å². The largest absolute Gasteiger partial charge is 0.508 e. The molecule has 0 aliphatic carbocycles. The van der Waals surface area contributed by atoms with Gasteiger partial charge in [0.1, 0.15) is 11.3 Å². The van der Waals surface area contributed by atoms with Crippen LogP contribution in [0.15, 0.2) is 45.6 Å². The van der Waals surface area contributed by atoms with Gasteiger partial charge in [-0.25, -0.2) is 0 Å². The highest BCUT2D eigenvalue weighted by Gasteiger charge is 2.42. The normalized spacial score (nSPS) is 16.1. The second kappa shape index (κ2) is 7.04. The SMILES string of the molecule is Cc1cc2oc3c(c(=O)c2cc1C)[C@H](c1cccc(O)c1)N(CCN(C)C)C3=O. The van der Waals surface area contributed by atoms with Gasteiger partial charge in [0.15, 0.2) is 5.43 Å². The van der Waals surface area contributed by atoms with Crippen molar-refractivity contribution in [2.45, 2.75) is 19.9 Å². The molecule has 4 rings (SSSR count). The number of hydrogen-bond donors (Lipinski definition) is 1. The lowest BCUT2D eigenvalue weighted by molar-refractivity contribution is 0.0716. The molecule has 0 spiro atoms. The summed E-state index contributed by atoms with van der Waals surface area (Å²) in [4.78, 5) is 30.3. The minimum absolute atomic E-state index is 0.0904. The van der Waals surface area contributed by atoms with Gasteiger partial charge in [-0.3, -0.25) is 9.59 Å². The number of hydrogen-bond acceptors (Lipinski definition) is 5. The van der Waals surface area contributed by atoms with E-state index in [9.17, 15) is 14.7 Å². The minimum atomic E-state index is -0.591. The molecule has 1 N–H and O–H groups in total. The second-order valence-corrected chi connectivity index (χ2v) is 7.91. The molecule has 2 heterocycles. The molecule has 1 atom stereocenters. The van der Waals surface area contributed by atoms with Crippen LogP contribution in [0, 0.1) is 13.8 Å². The van der Waals surface area contributed by atoms with Crippen molar-refractivity contribution >= 4 is 16.9 Å². The number of aryl methyl sites for hydroxylation is 2. The summed E-state index contributed by atoms with van der Waals surface area (Å²) in [5, 5.41) is 10.5. The number of nitrogens with zero attached hydrogens (tertiary/aromatic N) is 2. The Kier molecular flexibility index (Phi) is 4.67. The average Bonchev–Trinajstić information content (AvgIpc) is 2.94. The topological polar surface area (TPSA) is 74.0 Å².